The molecule has 6 heterocycles. The zero-order valence-electron chi connectivity index (χ0n) is 20.5. The summed E-state index contributed by atoms with van der Waals surface area (Å²) in [6.07, 6.45) is 8.04. The number of rotatable bonds is 4. The minimum atomic E-state index is -0.104. The topological polar surface area (TPSA) is 72.1 Å². The van der Waals surface area contributed by atoms with E-state index in [0.717, 1.165) is 82.1 Å². The van der Waals surface area contributed by atoms with E-state index >= 15 is 0 Å². The molecule has 0 amide bonds. The normalized spacial score (nSPS) is 15.4. The molecule has 0 aliphatic carbocycles. The van der Waals surface area contributed by atoms with E-state index in [2.05, 4.69) is 38.0 Å². The van der Waals surface area contributed by atoms with Crippen molar-refractivity contribution in [2.24, 2.45) is 7.05 Å². The molecule has 0 N–H and O–H groups in total. The monoisotopic (exact) mass is 477 g/mol. The van der Waals surface area contributed by atoms with Crippen LogP contribution >= 0.6 is 0 Å². The largest absolute Gasteiger partial charge is 0.370 e. The first-order chi connectivity index (χ1) is 17.6. The summed E-state index contributed by atoms with van der Waals surface area (Å²) in [6.45, 7) is 6.20. The Bertz CT molecular complexity index is 1710. The van der Waals surface area contributed by atoms with Crippen molar-refractivity contribution in [2.75, 3.05) is 36.0 Å². The van der Waals surface area contributed by atoms with Gasteiger partial charge in [0, 0.05) is 50.4 Å². The Hall–Kier alpha value is -4.20. The molecule has 0 unspecified atom stereocenters. The van der Waals surface area contributed by atoms with Crippen LogP contribution in [-0.2, 0) is 7.05 Å². The Morgan fingerprint density at radius 2 is 1.67 bits per heavy atom. The van der Waals surface area contributed by atoms with E-state index in [0.29, 0.717) is 0 Å². The molecule has 8 nitrogen and oxygen atoms in total. The molecule has 0 atom stereocenters. The number of nitrogens with zero attached hydrogens (tertiary/aromatic N) is 7. The molecule has 2 fully saturated rings. The summed E-state index contributed by atoms with van der Waals surface area (Å²) in [5.41, 5.74) is 7.28. The maximum absolute atomic E-state index is 13.5. The molecule has 2 aliphatic heterocycles. The van der Waals surface area contributed by atoms with Gasteiger partial charge in [0.1, 0.15) is 5.82 Å². The lowest BCUT2D eigenvalue weighted by Crippen LogP contribution is -2.37. The van der Waals surface area contributed by atoms with Gasteiger partial charge in [0.15, 0.2) is 0 Å². The summed E-state index contributed by atoms with van der Waals surface area (Å²) in [5, 5.41) is 0.934. The van der Waals surface area contributed by atoms with Crippen molar-refractivity contribution in [2.45, 2.75) is 19.8 Å². The predicted octanol–water partition coefficient (Wildman–Crippen LogP) is 4.06. The van der Waals surface area contributed by atoms with Gasteiger partial charge in [-0.05, 0) is 55.7 Å². The second kappa shape index (κ2) is 7.91. The van der Waals surface area contributed by atoms with Gasteiger partial charge < -0.3 is 9.80 Å². The molecule has 1 aromatic carbocycles. The number of aromatic nitrogens is 5. The van der Waals surface area contributed by atoms with Crippen molar-refractivity contribution in [1.29, 1.82) is 0 Å². The lowest BCUT2D eigenvalue weighted by molar-refractivity contribution is 0.609. The molecule has 0 bridgehead atoms. The smallest absolute Gasteiger partial charge is 0.333 e. The quantitative estimate of drug-likeness (QED) is 0.389. The molecule has 5 aromatic rings. The second-order valence-corrected chi connectivity index (χ2v) is 9.79. The highest BCUT2D eigenvalue weighted by atomic mass is 16.1. The van der Waals surface area contributed by atoms with Crippen LogP contribution in [0.3, 0.4) is 0 Å². The van der Waals surface area contributed by atoms with Crippen LogP contribution in [0.5, 0.6) is 0 Å². The molecule has 0 spiro atoms. The second-order valence-electron chi connectivity index (χ2n) is 9.79. The number of pyridine rings is 3. The number of aryl methyl sites for hydroxylation is 2. The summed E-state index contributed by atoms with van der Waals surface area (Å²) in [5.74, 6) is 0.971. The van der Waals surface area contributed by atoms with E-state index in [-0.39, 0.29) is 5.69 Å². The summed E-state index contributed by atoms with van der Waals surface area (Å²) in [4.78, 5) is 32.2. The highest BCUT2D eigenvalue weighted by Crippen LogP contribution is 2.32. The van der Waals surface area contributed by atoms with Crippen LogP contribution in [0.2, 0.25) is 0 Å². The van der Waals surface area contributed by atoms with E-state index in [1.54, 1.807) is 22.4 Å². The maximum atomic E-state index is 13.5. The molecular formula is C28H27N7O. The van der Waals surface area contributed by atoms with E-state index in [1.807, 2.05) is 37.5 Å². The molecule has 2 saturated heterocycles. The van der Waals surface area contributed by atoms with Crippen LogP contribution in [0.4, 0.5) is 11.5 Å². The predicted molar refractivity (Wildman–Crippen MR) is 143 cm³/mol. The Labute approximate surface area is 208 Å². The van der Waals surface area contributed by atoms with Gasteiger partial charge in [-0.2, -0.15) is 0 Å². The van der Waals surface area contributed by atoms with E-state index in [1.165, 1.54) is 12.8 Å². The fraction of sp³-hybridized carbons (Fsp3) is 0.286. The molecule has 8 heteroatoms. The SMILES string of the molecule is Cc1nc(N2CCC2)ccc1-n1c(=O)n(C)c2cnc3ccc(-c4cncc(N5CCC5)c4)cc3c21. The molecule has 180 valence electrons. The first-order valence-corrected chi connectivity index (χ1v) is 12.5. The average Bonchev–Trinajstić information content (AvgIpc) is 3.07. The fourth-order valence-electron chi connectivity index (χ4n) is 5.23. The molecule has 2 aliphatic rings. The molecule has 4 aromatic heterocycles. The highest BCUT2D eigenvalue weighted by molar-refractivity contribution is 6.04. The molecule has 0 saturated carbocycles. The van der Waals surface area contributed by atoms with Crippen molar-refractivity contribution >= 4 is 33.4 Å². The van der Waals surface area contributed by atoms with Gasteiger partial charge in [-0.15, -0.1) is 0 Å². The molecular weight excluding hydrogens is 450 g/mol. The van der Waals surface area contributed by atoms with Crippen molar-refractivity contribution in [1.82, 2.24) is 24.1 Å². The Balaban J connectivity index is 1.43. The minimum Gasteiger partial charge on any atom is -0.370 e. The number of anilines is 2. The van der Waals surface area contributed by atoms with Crippen LogP contribution < -0.4 is 15.5 Å². The third-order valence-electron chi connectivity index (χ3n) is 7.63. The summed E-state index contributed by atoms with van der Waals surface area (Å²) < 4.78 is 3.46. The van der Waals surface area contributed by atoms with Gasteiger partial charge >= 0.3 is 5.69 Å². The van der Waals surface area contributed by atoms with Gasteiger partial charge in [-0.25, -0.2) is 9.78 Å². The highest BCUT2D eigenvalue weighted by Gasteiger charge is 2.21. The van der Waals surface area contributed by atoms with Gasteiger partial charge in [-0.1, -0.05) is 6.07 Å². The van der Waals surface area contributed by atoms with Crippen molar-refractivity contribution in [3.05, 3.63) is 71.2 Å². The zero-order chi connectivity index (χ0) is 24.4. The Morgan fingerprint density at radius 3 is 2.39 bits per heavy atom. The summed E-state index contributed by atoms with van der Waals surface area (Å²) >= 11 is 0. The van der Waals surface area contributed by atoms with Crippen LogP contribution in [0.15, 0.2) is 59.8 Å². The fourth-order valence-corrected chi connectivity index (χ4v) is 5.23. The first-order valence-electron chi connectivity index (χ1n) is 12.5. The number of hydrogen-bond donors (Lipinski definition) is 0. The lowest BCUT2D eigenvalue weighted by atomic mass is 10.0. The van der Waals surface area contributed by atoms with Crippen LogP contribution in [0.25, 0.3) is 38.8 Å². The van der Waals surface area contributed by atoms with Crippen molar-refractivity contribution in [3.8, 4) is 16.8 Å². The van der Waals surface area contributed by atoms with Crippen molar-refractivity contribution < 1.29 is 0 Å². The molecule has 0 radical (unpaired) electrons. The Morgan fingerprint density at radius 1 is 0.861 bits per heavy atom. The number of imidazole rings is 1. The van der Waals surface area contributed by atoms with Gasteiger partial charge in [-0.3, -0.25) is 19.1 Å². The average molecular weight is 478 g/mol. The first kappa shape index (κ1) is 21.1. The third-order valence-corrected chi connectivity index (χ3v) is 7.63. The standard InChI is InChI=1S/C28H27N7O/c1-18-24(7-8-26(31-18)34-11-4-12-34)35-27-22-14-19(20-13-21(16-29-15-20)33-9-3-10-33)5-6-23(22)30-17-25(27)32(2)28(35)36/h5-8,13-17H,3-4,9-12H2,1-2H3. The van der Waals surface area contributed by atoms with Crippen molar-refractivity contribution in [3.63, 3.8) is 0 Å². The number of fused-ring (bicyclic) bond motifs is 3. The van der Waals surface area contributed by atoms with Gasteiger partial charge in [0.25, 0.3) is 0 Å². The van der Waals surface area contributed by atoms with Crippen LogP contribution in [-0.4, -0.2) is 50.3 Å². The van der Waals surface area contributed by atoms with Gasteiger partial charge in [0.05, 0.1) is 46.0 Å². The summed E-state index contributed by atoms with van der Waals surface area (Å²) in [7, 11) is 1.80. The number of hydrogen-bond acceptors (Lipinski definition) is 6. The molecule has 7 rings (SSSR count). The summed E-state index contributed by atoms with van der Waals surface area (Å²) in [6, 6.07) is 12.5. The zero-order valence-corrected chi connectivity index (χ0v) is 20.5. The van der Waals surface area contributed by atoms with Crippen LogP contribution in [0.1, 0.15) is 18.5 Å². The molecule has 36 heavy (non-hydrogen) atoms. The third kappa shape index (κ3) is 3.13. The Kier molecular flexibility index (Phi) is 4.64. The lowest BCUT2D eigenvalue weighted by Gasteiger charge is -2.33. The van der Waals surface area contributed by atoms with E-state index < -0.39 is 0 Å². The maximum Gasteiger partial charge on any atom is 0.333 e. The van der Waals surface area contributed by atoms with E-state index in [9.17, 15) is 4.79 Å². The van der Waals surface area contributed by atoms with Gasteiger partial charge in [0.2, 0.25) is 0 Å². The minimum absolute atomic E-state index is 0.104. The van der Waals surface area contributed by atoms with E-state index in [4.69, 9.17) is 4.98 Å². The van der Waals surface area contributed by atoms with Crippen LogP contribution in [0, 0.1) is 6.92 Å². The number of benzene rings is 1.